The zero-order valence-corrected chi connectivity index (χ0v) is 27.1. The van der Waals surface area contributed by atoms with Gasteiger partial charge in [-0.2, -0.15) is 5.10 Å². The number of hydrogen-bond acceptors (Lipinski definition) is 8. The zero-order chi connectivity index (χ0) is 32.0. The Morgan fingerprint density at radius 3 is 2.40 bits per heavy atom. The second-order valence-electron chi connectivity index (χ2n) is 13.3. The monoisotopic (exact) mass is 617 g/mol. The van der Waals surface area contributed by atoms with Gasteiger partial charge in [0.25, 0.3) is 5.91 Å². The van der Waals surface area contributed by atoms with E-state index >= 15 is 4.39 Å². The Labute approximate surface area is 263 Å². The molecule has 12 heteroatoms. The topological polar surface area (TPSA) is 108 Å². The van der Waals surface area contributed by atoms with Gasteiger partial charge in [0.15, 0.2) is 5.82 Å². The van der Waals surface area contributed by atoms with Crippen LogP contribution in [0.5, 0.6) is 0 Å². The van der Waals surface area contributed by atoms with Gasteiger partial charge in [0, 0.05) is 75.0 Å². The van der Waals surface area contributed by atoms with Crippen LogP contribution in [0.2, 0.25) is 0 Å². The molecular formula is C33H44FN9O2. The summed E-state index contributed by atoms with van der Waals surface area (Å²) in [4.78, 5) is 30.2. The van der Waals surface area contributed by atoms with Crippen molar-refractivity contribution in [2.24, 2.45) is 7.05 Å². The minimum absolute atomic E-state index is 0.0804. The number of carbonyl (C=O) groups excluding carboxylic acids is 1. The number of carbonyl (C=O) groups is 1. The van der Waals surface area contributed by atoms with E-state index in [2.05, 4.69) is 43.2 Å². The number of aromatic nitrogens is 5. The molecule has 45 heavy (non-hydrogen) atoms. The molecule has 240 valence electrons. The molecule has 6 rings (SSSR count). The number of pyridine rings is 1. The Kier molecular flexibility index (Phi) is 8.40. The smallest absolute Gasteiger partial charge is 0.261 e. The van der Waals surface area contributed by atoms with Crippen LogP contribution in [-0.2, 0) is 13.6 Å². The van der Waals surface area contributed by atoms with Crippen molar-refractivity contribution in [3.05, 3.63) is 53.2 Å². The second kappa shape index (κ2) is 12.1. The van der Waals surface area contributed by atoms with Crippen LogP contribution in [-0.4, -0.2) is 103 Å². The fourth-order valence-corrected chi connectivity index (χ4v) is 6.53. The van der Waals surface area contributed by atoms with Crippen LogP contribution in [0.1, 0.15) is 48.4 Å². The molecule has 0 bridgehead atoms. The van der Waals surface area contributed by atoms with E-state index in [0.29, 0.717) is 22.8 Å². The molecule has 2 fully saturated rings. The average Bonchev–Trinajstić information content (AvgIpc) is 3.51. The molecular weight excluding hydrogens is 573 g/mol. The number of nitrogens with zero attached hydrogens (tertiary/aromatic N) is 8. The van der Waals surface area contributed by atoms with Crippen LogP contribution in [0.4, 0.5) is 16.0 Å². The van der Waals surface area contributed by atoms with E-state index in [-0.39, 0.29) is 23.8 Å². The first kappa shape index (κ1) is 31.1. The van der Waals surface area contributed by atoms with E-state index in [1.165, 1.54) is 6.07 Å². The molecule has 3 aromatic heterocycles. The molecule has 0 radical (unpaired) electrons. The van der Waals surface area contributed by atoms with Crippen molar-refractivity contribution in [2.75, 3.05) is 56.5 Å². The number of nitrogens with one attached hydrogen (secondary N) is 1. The Morgan fingerprint density at radius 1 is 1.04 bits per heavy atom. The van der Waals surface area contributed by atoms with Crippen molar-refractivity contribution in [1.82, 2.24) is 34.1 Å². The van der Waals surface area contributed by atoms with E-state index < -0.39 is 17.3 Å². The molecule has 5 heterocycles. The van der Waals surface area contributed by atoms with Gasteiger partial charge in [-0.25, -0.2) is 14.4 Å². The number of aryl methyl sites for hydroxylation is 2. The quantitative estimate of drug-likeness (QED) is 0.322. The molecule has 0 aliphatic carbocycles. The highest BCUT2D eigenvalue weighted by atomic mass is 19.1. The number of amides is 1. The van der Waals surface area contributed by atoms with Gasteiger partial charge in [-0.05, 0) is 71.8 Å². The third kappa shape index (κ3) is 6.45. The third-order valence-corrected chi connectivity index (χ3v) is 9.21. The van der Waals surface area contributed by atoms with E-state index in [0.717, 1.165) is 69.0 Å². The standard InChI is InChI=1S/C33H44FN9O2/c1-21-17-25(29(34)30(36-21)26-19-35-40(6)22(26)2)31(44)38-32-37-27-18-24(7-8-28(27)43(32)20-33(3,4)45)41-11-9-23(10-12-41)42-15-13-39(5)14-16-42/h7-8,17-19,23,45H,9-16,20H2,1-6H3,(H,37,38,44). The highest BCUT2D eigenvalue weighted by Crippen LogP contribution is 2.31. The summed E-state index contributed by atoms with van der Waals surface area (Å²) in [6.45, 7) is 13.6. The van der Waals surface area contributed by atoms with Gasteiger partial charge >= 0.3 is 0 Å². The van der Waals surface area contributed by atoms with Gasteiger partial charge in [-0.15, -0.1) is 0 Å². The first-order chi connectivity index (χ1) is 21.4. The Balaban J connectivity index is 1.26. The minimum Gasteiger partial charge on any atom is -0.389 e. The number of halogens is 1. The van der Waals surface area contributed by atoms with Crippen molar-refractivity contribution in [1.29, 1.82) is 0 Å². The molecule has 2 aliphatic rings. The van der Waals surface area contributed by atoms with Gasteiger partial charge in [-0.3, -0.25) is 19.7 Å². The summed E-state index contributed by atoms with van der Waals surface area (Å²) in [5, 5.41) is 17.8. The summed E-state index contributed by atoms with van der Waals surface area (Å²) in [7, 11) is 3.96. The summed E-state index contributed by atoms with van der Waals surface area (Å²) in [5.74, 6) is -1.11. The zero-order valence-electron chi connectivity index (χ0n) is 27.1. The van der Waals surface area contributed by atoms with Crippen LogP contribution < -0.4 is 10.2 Å². The number of likely N-dealkylation sites (N-methyl/N-ethyl adjacent to an activating group) is 1. The van der Waals surface area contributed by atoms with E-state index in [1.54, 1.807) is 43.3 Å². The van der Waals surface area contributed by atoms with Gasteiger partial charge in [0.2, 0.25) is 5.95 Å². The molecule has 0 unspecified atom stereocenters. The highest BCUT2D eigenvalue weighted by Gasteiger charge is 2.28. The van der Waals surface area contributed by atoms with Crippen LogP contribution >= 0.6 is 0 Å². The highest BCUT2D eigenvalue weighted by molar-refractivity contribution is 6.05. The van der Waals surface area contributed by atoms with Crippen LogP contribution in [0.3, 0.4) is 0 Å². The number of rotatable bonds is 7. The number of fused-ring (bicyclic) bond motifs is 1. The number of piperidine rings is 1. The molecule has 0 saturated carbocycles. The SMILES string of the molecule is Cc1cc(C(=O)Nc2nc3cc(N4CCC(N5CCN(C)CC5)CC4)ccc3n2CC(C)(C)O)c(F)c(-c2cnn(C)c2C)n1. The molecule has 2 aliphatic heterocycles. The number of hydrogen-bond donors (Lipinski definition) is 2. The molecule has 1 aromatic carbocycles. The first-order valence-corrected chi connectivity index (χ1v) is 15.8. The summed E-state index contributed by atoms with van der Waals surface area (Å²) in [6, 6.07) is 8.17. The maximum Gasteiger partial charge on any atom is 0.261 e. The van der Waals surface area contributed by atoms with E-state index in [1.807, 2.05) is 19.1 Å². The predicted molar refractivity (Wildman–Crippen MR) is 174 cm³/mol. The predicted octanol–water partition coefficient (Wildman–Crippen LogP) is 3.83. The van der Waals surface area contributed by atoms with Crippen LogP contribution in [0.15, 0.2) is 30.5 Å². The first-order valence-electron chi connectivity index (χ1n) is 15.8. The number of benzene rings is 1. The maximum atomic E-state index is 15.8. The van der Waals surface area contributed by atoms with Crippen LogP contribution in [0, 0.1) is 19.7 Å². The summed E-state index contributed by atoms with van der Waals surface area (Å²) >= 11 is 0. The van der Waals surface area contributed by atoms with E-state index in [9.17, 15) is 9.90 Å². The fraction of sp³-hybridized carbons (Fsp3) is 0.515. The summed E-state index contributed by atoms with van der Waals surface area (Å²) in [6.07, 6.45) is 3.79. The summed E-state index contributed by atoms with van der Waals surface area (Å²) in [5.41, 5.74) is 3.20. The van der Waals surface area contributed by atoms with Crippen molar-refractivity contribution >= 4 is 28.6 Å². The Hall–Kier alpha value is -3.87. The van der Waals surface area contributed by atoms with Crippen molar-refractivity contribution in [2.45, 2.75) is 58.7 Å². The Bertz CT molecular complexity index is 1710. The molecule has 2 N–H and O–H groups in total. The van der Waals surface area contributed by atoms with Gasteiger partial charge < -0.3 is 19.5 Å². The fourth-order valence-electron chi connectivity index (χ4n) is 6.53. The number of imidazole rings is 1. The van der Waals surface area contributed by atoms with Gasteiger partial charge in [-0.1, -0.05) is 0 Å². The molecule has 0 atom stereocenters. The van der Waals surface area contributed by atoms with Crippen molar-refractivity contribution < 1.29 is 14.3 Å². The third-order valence-electron chi connectivity index (χ3n) is 9.21. The molecule has 2 saturated heterocycles. The van der Waals surface area contributed by atoms with Crippen LogP contribution in [0.25, 0.3) is 22.3 Å². The lowest BCUT2D eigenvalue weighted by molar-refractivity contribution is 0.0630. The maximum absolute atomic E-state index is 15.8. The van der Waals surface area contributed by atoms with Crippen molar-refractivity contribution in [3.8, 4) is 11.3 Å². The normalized spacial score (nSPS) is 17.4. The lowest BCUT2D eigenvalue weighted by Crippen LogP contribution is -2.52. The number of piperazine rings is 1. The van der Waals surface area contributed by atoms with E-state index in [4.69, 9.17) is 4.98 Å². The number of aliphatic hydroxyl groups is 1. The van der Waals surface area contributed by atoms with Gasteiger partial charge in [0.1, 0.15) is 5.69 Å². The lowest BCUT2D eigenvalue weighted by atomic mass is 10.0. The molecule has 4 aromatic rings. The van der Waals surface area contributed by atoms with Crippen molar-refractivity contribution in [3.63, 3.8) is 0 Å². The summed E-state index contributed by atoms with van der Waals surface area (Å²) < 4.78 is 19.3. The lowest BCUT2D eigenvalue weighted by Gasteiger charge is -2.42. The molecule has 1 amide bonds. The largest absolute Gasteiger partial charge is 0.389 e. The minimum atomic E-state index is -1.08. The second-order valence-corrected chi connectivity index (χ2v) is 13.3. The van der Waals surface area contributed by atoms with Gasteiger partial charge in [0.05, 0.1) is 34.9 Å². The Morgan fingerprint density at radius 2 is 1.76 bits per heavy atom. The molecule has 11 nitrogen and oxygen atoms in total. The average molecular weight is 618 g/mol. The number of anilines is 2. The molecule has 0 spiro atoms.